The lowest BCUT2D eigenvalue weighted by Gasteiger charge is -2.25. The molecule has 5 heteroatoms. The van der Waals surface area contributed by atoms with Gasteiger partial charge in [0.25, 0.3) is 11.8 Å². The van der Waals surface area contributed by atoms with Crippen LogP contribution in [0.4, 0.5) is 0 Å². The molecule has 1 aliphatic carbocycles. The Morgan fingerprint density at radius 1 is 1.04 bits per heavy atom. The summed E-state index contributed by atoms with van der Waals surface area (Å²) in [6.45, 7) is 1.00. The van der Waals surface area contributed by atoms with E-state index < -0.39 is 0 Å². The Kier molecular flexibility index (Phi) is 3.43. The average molecular weight is 312 g/mol. The molecule has 1 saturated carbocycles. The van der Waals surface area contributed by atoms with Crippen LogP contribution in [0.1, 0.15) is 52.8 Å². The van der Waals surface area contributed by atoms with Gasteiger partial charge >= 0.3 is 0 Å². The molecule has 0 aromatic heterocycles. The van der Waals surface area contributed by atoms with Gasteiger partial charge in [0.15, 0.2) is 0 Å². The van der Waals surface area contributed by atoms with Gasteiger partial charge in [0, 0.05) is 25.6 Å². The van der Waals surface area contributed by atoms with Gasteiger partial charge in [-0.25, -0.2) is 0 Å². The number of carbonyl (C=O) groups excluding carboxylic acids is 3. The molecule has 0 N–H and O–H groups in total. The lowest BCUT2D eigenvalue weighted by molar-refractivity contribution is -0.132. The highest BCUT2D eigenvalue weighted by Gasteiger charge is 2.40. The summed E-state index contributed by atoms with van der Waals surface area (Å²) in [4.78, 5) is 40.3. The molecular formula is C18H20N2O3. The molecule has 3 amide bonds. The molecule has 1 unspecified atom stereocenters. The Hall–Kier alpha value is -2.17. The van der Waals surface area contributed by atoms with Gasteiger partial charge in [-0.05, 0) is 43.7 Å². The van der Waals surface area contributed by atoms with Crippen LogP contribution in [0.3, 0.4) is 0 Å². The summed E-state index contributed by atoms with van der Waals surface area (Å²) in [5.41, 5.74) is 0.893. The van der Waals surface area contributed by atoms with Crippen LogP contribution in [0.2, 0.25) is 0 Å². The average Bonchev–Trinajstić information content (AvgIpc) is 3.24. The van der Waals surface area contributed by atoms with Crippen LogP contribution < -0.4 is 0 Å². The standard InChI is InChI=1S/C18H20N2O3/c21-16(19-10-3-6-15(19)12-7-8-12)9-11-20-17(22)13-4-1-2-5-14(13)18(20)23/h1-2,4-5,12,15H,3,6-11H2. The number of likely N-dealkylation sites (tertiary alicyclic amines) is 1. The molecule has 1 aromatic carbocycles. The molecule has 2 heterocycles. The van der Waals surface area contributed by atoms with E-state index in [9.17, 15) is 14.4 Å². The maximum absolute atomic E-state index is 12.5. The van der Waals surface area contributed by atoms with Gasteiger partial charge < -0.3 is 4.90 Å². The summed E-state index contributed by atoms with van der Waals surface area (Å²) in [6, 6.07) is 7.23. The molecule has 4 rings (SSSR count). The van der Waals surface area contributed by atoms with Crippen LogP contribution in [0.15, 0.2) is 24.3 Å². The minimum Gasteiger partial charge on any atom is -0.339 e. The van der Waals surface area contributed by atoms with E-state index in [1.807, 2.05) is 4.90 Å². The van der Waals surface area contributed by atoms with Crippen LogP contribution in [-0.2, 0) is 4.79 Å². The maximum Gasteiger partial charge on any atom is 0.261 e. The van der Waals surface area contributed by atoms with Crippen molar-refractivity contribution in [2.45, 2.75) is 38.1 Å². The highest BCUT2D eigenvalue weighted by Crippen LogP contribution is 2.40. The Labute approximate surface area is 135 Å². The predicted molar refractivity (Wildman–Crippen MR) is 83.9 cm³/mol. The van der Waals surface area contributed by atoms with E-state index in [1.54, 1.807) is 24.3 Å². The number of nitrogens with zero attached hydrogens (tertiary/aromatic N) is 2. The number of imide groups is 1. The SMILES string of the molecule is O=C1c2ccccc2C(=O)N1CCC(=O)N1CCCC1C1CC1. The number of carbonyl (C=O) groups is 3. The summed E-state index contributed by atoms with van der Waals surface area (Å²) in [6.07, 6.45) is 4.86. The Balaban J connectivity index is 1.41. The van der Waals surface area contributed by atoms with E-state index in [0.29, 0.717) is 23.1 Å². The fourth-order valence-electron chi connectivity index (χ4n) is 3.87. The highest BCUT2D eigenvalue weighted by molar-refractivity contribution is 6.21. The number of hydrogen-bond donors (Lipinski definition) is 0. The Bertz CT molecular complexity index is 646. The molecule has 0 bridgehead atoms. The van der Waals surface area contributed by atoms with E-state index in [-0.39, 0.29) is 30.7 Å². The minimum atomic E-state index is -0.279. The van der Waals surface area contributed by atoms with Crippen molar-refractivity contribution in [2.75, 3.05) is 13.1 Å². The van der Waals surface area contributed by atoms with Crippen molar-refractivity contribution < 1.29 is 14.4 Å². The summed E-state index contributed by atoms with van der Waals surface area (Å²) in [7, 11) is 0. The van der Waals surface area contributed by atoms with Crippen molar-refractivity contribution in [3.8, 4) is 0 Å². The van der Waals surface area contributed by atoms with Gasteiger partial charge in [0.05, 0.1) is 11.1 Å². The van der Waals surface area contributed by atoms with Gasteiger partial charge in [0.1, 0.15) is 0 Å². The van der Waals surface area contributed by atoms with E-state index in [0.717, 1.165) is 19.4 Å². The molecule has 5 nitrogen and oxygen atoms in total. The molecule has 23 heavy (non-hydrogen) atoms. The largest absolute Gasteiger partial charge is 0.339 e. The van der Waals surface area contributed by atoms with Gasteiger partial charge in [-0.3, -0.25) is 19.3 Å². The third-order valence-corrected chi connectivity index (χ3v) is 5.21. The maximum atomic E-state index is 12.5. The molecule has 3 aliphatic rings. The van der Waals surface area contributed by atoms with Crippen molar-refractivity contribution in [3.63, 3.8) is 0 Å². The molecule has 120 valence electrons. The second kappa shape index (κ2) is 5.48. The van der Waals surface area contributed by atoms with Crippen molar-refractivity contribution in [1.82, 2.24) is 9.80 Å². The van der Waals surface area contributed by atoms with E-state index >= 15 is 0 Å². The van der Waals surface area contributed by atoms with Gasteiger partial charge in [-0.15, -0.1) is 0 Å². The zero-order valence-corrected chi connectivity index (χ0v) is 13.0. The third kappa shape index (κ3) is 2.44. The number of amides is 3. The fraction of sp³-hybridized carbons (Fsp3) is 0.500. The van der Waals surface area contributed by atoms with E-state index in [4.69, 9.17) is 0 Å². The lowest BCUT2D eigenvalue weighted by atomic mass is 10.1. The van der Waals surface area contributed by atoms with Crippen molar-refractivity contribution in [2.24, 2.45) is 5.92 Å². The molecule has 0 radical (unpaired) electrons. The topological polar surface area (TPSA) is 57.7 Å². The number of benzene rings is 1. The van der Waals surface area contributed by atoms with Gasteiger partial charge in [0.2, 0.25) is 5.91 Å². The van der Waals surface area contributed by atoms with Crippen LogP contribution >= 0.6 is 0 Å². The first-order chi connectivity index (χ1) is 11.2. The van der Waals surface area contributed by atoms with Crippen LogP contribution in [-0.4, -0.2) is 46.7 Å². The second-order valence-electron chi connectivity index (χ2n) is 6.69. The molecule has 1 saturated heterocycles. The van der Waals surface area contributed by atoms with Gasteiger partial charge in [-0.1, -0.05) is 12.1 Å². The van der Waals surface area contributed by atoms with E-state index in [1.165, 1.54) is 17.7 Å². The van der Waals surface area contributed by atoms with E-state index in [2.05, 4.69) is 0 Å². The fourth-order valence-corrected chi connectivity index (χ4v) is 3.87. The summed E-state index contributed by atoms with van der Waals surface area (Å²) < 4.78 is 0. The van der Waals surface area contributed by atoms with Gasteiger partial charge in [-0.2, -0.15) is 0 Å². The molecule has 2 aliphatic heterocycles. The van der Waals surface area contributed by atoms with Crippen molar-refractivity contribution in [3.05, 3.63) is 35.4 Å². The third-order valence-electron chi connectivity index (χ3n) is 5.21. The Morgan fingerprint density at radius 2 is 1.70 bits per heavy atom. The highest BCUT2D eigenvalue weighted by atomic mass is 16.2. The zero-order chi connectivity index (χ0) is 16.0. The monoisotopic (exact) mass is 312 g/mol. The zero-order valence-electron chi connectivity index (χ0n) is 13.0. The smallest absolute Gasteiger partial charge is 0.261 e. The second-order valence-corrected chi connectivity index (χ2v) is 6.69. The van der Waals surface area contributed by atoms with Crippen LogP contribution in [0.25, 0.3) is 0 Å². The van der Waals surface area contributed by atoms with Crippen molar-refractivity contribution >= 4 is 17.7 Å². The first kappa shape index (κ1) is 14.4. The lowest BCUT2D eigenvalue weighted by Crippen LogP contribution is -2.40. The molecule has 2 fully saturated rings. The quantitative estimate of drug-likeness (QED) is 0.800. The molecular weight excluding hydrogens is 292 g/mol. The molecule has 0 spiro atoms. The molecule has 1 atom stereocenters. The first-order valence-corrected chi connectivity index (χ1v) is 8.41. The normalized spacial score (nSPS) is 23.6. The summed E-state index contributed by atoms with van der Waals surface area (Å²) >= 11 is 0. The Morgan fingerprint density at radius 3 is 2.30 bits per heavy atom. The first-order valence-electron chi connectivity index (χ1n) is 8.41. The number of fused-ring (bicyclic) bond motifs is 1. The number of hydrogen-bond acceptors (Lipinski definition) is 3. The van der Waals surface area contributed by atoms with Crippen molar-refractivity contribution in [1.29, 1.82) is 0 Å². The number of rotatable bonds is 4. The summed E-state index contributed by atoms with van der Waals surface area (Å²) in [5.74, 6) is 0.203. The predicted octanol–water partition coefficient (Wildman–Crippen LogP) is 2.07. The van der Waals surface area contributed by atoms with Crippen LogP contribution in [0.5, 0.6) is 0 Å². The summed E-state index contributed by atoms with van der Waals surface area (Å²) in [5, 5.41) is 0. The molecule has 1 aromatic rings. The minimum absolute atomic E-state index is 0.0796. The van der Waals surface area contributed by atoms with Crippen LogP contribution in [0, 0.1) is 5.92 Å².